The Kier molecular flexibility index (Phi) is 4.67. The molecule has 1 heterocycles. The van der Waals surface area contributed by atoms with Gasteiger partial charge in [-0.2, -0.15) is 0 Å². The molecule has 0 aromatic heterocycles. The summed E-state index contributed by atoms with van der Waals surface area (Å²) in [6.07, 6.45) is 1.37. The largest absolute Gasteiger partial charge is 0.454 e. The maximum absolute atomic E-state index is 12.5. The van der Waals surface area contributed by atoms with Gasteiger partial charge in [0.15, 0.2) is 5.75 Å². The lowest BCUT2D eigenvalue weighted by molar-refractivity contribution is 0.102. The zero-order valence-corrected chi connectivity index (χ0v) is 14.9. The van der Waals surface area contributed by atoms with Crippen LogP contribution in [0.1, 0.15) is 35.7 Å². The Morgan fingerprint density at radius 3 is 2.64 bits per heavy atom. The van der Waals surface area contributed by atoms with Gasteiger partial charge in [0.2, 0.25) is 10.0 Å². The van der Waals surface area contributed by atoms with Crippen molar-refractivity contribution in [2.45, 2.75) is 26.7 Å². The summed E-state index contributed by atoms with van der Waals surface area (Å²) in [5.74, 6) is 0.646. The number of nitrogens with one attached hydrogen (secondary N) is 2. The van der Waals surface area contributed by atoms with E-state index < -0.39 is 10.0 Å². The van der Waals surface area contributed by atoms with Crippen LogP contribution < -0.4 is 14.8 Å². The van der Waals surface area contributed by atoms with E-state index in [1.807, 2.05) is 26.0 Å². The summed E-state index contributed by atoms with van der Waals surface area (Å²) in [6.45, 7) is 3.85. The van der Waals surface area contributed by atoms with E-state index in [9.17, 15) is 13.2 Å². The van der Waals surface area contributed by atoms with E-state index in [4.69, 9.17) is 4.74 Å². The predicted octanol–water partition coefficient (Wildman–Crippen LogP) is 3.89. The first-order chi connectivity index (χ1) is 11.9. The van der Waals surface area contributed by atoms with Crippen LogP contribution in [0.5, 0.6) is 11.5 Å². The summed E-state index contributed by atoms with van der Waals surface area (Å²) < 4.78 is 32.4. The zero-order valence-electron chi connectivity index (χ0n) is 14.1. The van der Waals surface area contributed by atoms with Gasteiger partial charge in [0.1, 0.15) is 5.75 Å². The number of ether oxygens (including phenoxy) is 1. The summed E-state index contributed by atoms with van der Waals surface area (Å²) in [4.78, 5) is 12.5. The molecule has 0 bridgehead atoms. The first-order valence-corrected chi connectivity index (χ1v) is 9.77. The molecule has 0 saturated carbocycles. The Morgan fingerprint density at radius 2 is 1.88 bits per heavy atom. The summed E-state index contributed by atoms with van der Waals surface area (Å²) in [5.41, 5.74) is 2.21. The third-order valence-corrected chi connectivity index (χ3v) is 5.24. The number of fused-ring (bicyclic) bond motifs is 2. The van der Waals surface area contributed by atoms with Crippen LogP contribution in [0, 0.1) is 6.92 Å². The molecule has 0 aliphatic carbocycles. The van der Waals surface area contributed by atoms with Gasteiger partial charge in [0.05, 0.1) is 17.0 Å². The molecule has 0 unspecified atom stereocenters. The molecule has 2 aromatic rings. The van der Waals surface area contributed by atoms with E-state index in [1.165, 1.54) is 6.07 Å². The van der Waals surface area contributed by atoms with Gasteiger partial charge in [-0.1, -0.05) is 19.4 Å². The summed E-state index contributed by atoms with van der Waals surface area (Å²) in [5, 5.41) is 2.80. The molecule has 1 amide bonds. The minimum Gasteiger partial charge on any atom is -0.454 e. The fraction of sp³-hybridized carbons (Fsp3) is 0.278. The molecule has 1 aliphatic heterocycles. The Balaban J connectivity index is 1.90. The molecular weight excluding hydrogens is 340 g/mol. The predicted molar refractivity (Wildman–Crippen MR) is 98.0 cm³/mol. The summed E-state index contributed by atoms with van der Waals surface area (Å²) in [6, 6.07) is 10.2. The fourth-order valence-corrected chi connectivity index (χ4v) is 3.82. The smallest absolute Gasteiger partial charge is 0.259 e. The number of anilines is 2. The van der Waals surface area contributed by atoms with Crippen LogP contribution in [0.2, 0.25) is 0 Å². The quantitative estimate of drug-likeness (QED) is 0.847. The summed E-state index contributed by atoms with van der Waals surface area (Å²) in [7, 11) is -3.43. The van der Waals surface area contributed by atoms with Gasteiger partial charge in [-0.15, -0.1) is 0 Å². The zero-order chi connectivity index (χ0) is 18.0. The molecule has 0 spiro atoms. The van der Waals surface area contributed by atoms with Crippen LogP contribution >= 0.6 is 0 Å². The molecule has 2 aromatic carbocycles. The lowest BCUT2D eigenvalue weighted by Crippen LogP contribution is -2.17. The van der Waals surface area contributed by atoms with Crippen molar-refractivity contribution >= 4 is 27.3 Å². The van der Waals surface area contributed by atoms with Crippen LogP contribution in [-0.4, -0.2) is 20.1 Å². The third-order valence-electron chi connectivity index (χ3n) is 3.87. The average molecular weight is 360 g/mol. The molecule has 6 nitrogen and oxygen atoms in total. The minimum absolute atomic E-state index is 0.0496. The highest BCUT2D eigenvalue weighted by Crippen LogP contribution is 2.37. The van der Waals surface area contributed by atoms with Gasteiger partial charge < -0.3 is 10.1 Å². The van der Waals surface area contributed by atoms with Crippen LogP contribution in [0.25, 0.3) is 0 Å². The number of carbonyl (C=O) groups excluding carboxylic acids is 1. The second-order valence-electron chi connectivity index (χ2n) is 6.04. The molecule has 3 rings (SSSR count). The topological polar surface area (TPSA) is 84.5 Å². The first-order valence-electron chi connectivity index (χ1n) is 8.12. The number of hydrogen-bond acceptors (Lipinski definition) is 4. The van der Waals surface area contributed by atoms with Crippen LogP contribution in [-0.2, 0) is 10.0 Å². The van der Waals surface area contributed by atoms with Gasteiger partial charge in [-0.25, -0.2) is 8.42 Å². The number of sulfonamides is 1. The van der Waals surface area contributed by atoms with Crippen LogP contribution in [0.4, 0.5) is 11.4 Å². The van der Waals surface area contributed by atoms with Crippen molar-refractivity contribution in [3.8, 4) is 11.5 Å². The second kappa shape index (κ2) is 6.76. The summed E-state index contributed by atoms with van der Waals surface area (Å²) >= 11 is 0. The average Bonchev–Trinajstić information content (AvgIpc) is 2.69. The lowest BCUT2D eigenvalue weighted by Gasteiger charge is -2.11. The highest BCUT2D eigenvalue weighted by Gasteiger charge is 2.22. The Morgan fingerprint density at radius 1 is 1.12 bits per heavy atom. The number of rotatable bonds is 5. The van der Waals surface area contributed by atoms with E-state index in [2.05, 4.69) is 10.0 Å². The van der Waals surface area contributed by atoms with Crippen molar-refractivity contribution in [2.24, 2.45) is 0 Å². The molecule has 7 heteroatoms. The monoisotopic (exact) mass is 360 g/mol. The highest BCUT2D eigenvalue weighted by atomic mass is 32.2. The second-order valence-corrected chi connectivity index (χ2v) is 7.88. The molecule has 25 heavy (non-hydrogen) atoms. The Bertz CT molecular complexity index is 923. The van der Waals surface area contributed by atoms with Crippen molar-refractivity contribution in [1.82, 2.24) is 0 Å². The number of benzene rings is 2. The number of carbonyl (C=O) groups is 1. The van der Waals surface area contributed by atoms with Crippen molar-refractivity contribution in [3.63, 3.8) is 0 Å². The maximum atomic E-state index is 12.5. The van der Waals surface area contributed by atoms with E-state index in [-0.39, 0.29) is 17.2 Å². The lowest BCUT2D eigenvalue weighted by atomic mass is 10.1. The van der Waals surface area contributed by atoms with Crippen molar-refractivity contribution < 1.29 is 17.9 Å². The third kappa shape index (κ3) is 3.93. The van der Waals surface area contributed by atoms with Gasteiger partial charge in [-0.05, 0) is 49.2 Å². The molecule has 2 N–H and O–H groups in total. The van der Waals surface area contributed by atoms with Gasteiger partial charge in [0.25, 0.3) is 5.91 Å². The molecular formula is C18H20N2O4S. The SMILES string of the molecule is CCCCS(=O)(=O)Nc1ccc2c(c1)C(=O)Nc1cc(C)ccc1O2. The number of aryl methyl sites for hydroxylation is 1. The maximum Gasteiger partial charge on any atom is 0.259 e. The standard InChI is InChI=1S/C18H20N2O4S/c1-3-4-9-25(22,23)20-13-6-8-16-14(11-13)18(21)19-15-10-12(2)5-7-17(15)24-16/h5-8,10-11,20H,3-4,9H2,1-2H3,(H,19,21). The van der Waals surface area contributed by atoms with Gasteiger partial charge in [0, 0.05) is 5.69 Å². The van der Waals surface area contributed by atoms with Gasteiger partial charge in [-0.3, -0.25) is 9.52 Å². The first kappa shape index (κ1) is 17.3. The molecule has 0 atom stereocenters. The molecule has 1 aliphatic rings. The number of amides is 1. The van der Waals surface area contributed by atoms with E-state index in [1.54, 1.807) is 18.2 Å². The normalized spacial score (nSPS) is 13.1. The molecule has 132 valence electrons. The molecule has 0 radical (unpaired) electrons. The van der Waals surface area contributed by atoms with E-state index >= 15 is 0 Å². The van der Waals surface area contributed by atoms with E-state index in [0.717, 1.165) is 12.0 Å². The molecule has 0 fully saturated rings. The Labute approximate surface area is 147 Å². The highest BCUT2D eigenvalue weighted by molar-refractivity contribution is 7.92. The fourth-order valence-electron chi connectivity index (χ4n) is 2.56. The van der Waals surface area contributed by atoms with Crippen molar-refractivity contribution in [1.29, 1.82) is 0 Å². The number of unbranched alkanes of at least 4 members (excludes halogenated alkanes) is 1. The van der Waals surface area contributed by atoms with Crippen molar-refractivity contribution in [3.05, 3.63) is 47.5 Å². The van der Waals surface area contributed by atoms with E-state index in [0.29, 0.717) is 29.3 Å². The Hall–Kier alpha value is -2.54. The number of hydrogen-bond donors (Lipinski definition) is 2. The minimum atomic E-state index is -3.43. The van der Waals surface area contributed by atoms with Crippen LogP contribution in [0.3, 0.4) is 0 Å². The molecule has 0 saturated heterocycles. The van der Waals surface area contributed by atoms with Gasteiger partial charge >= 0.3 is 0 Å². The van der Waals surface area contributed by atoms with Crippen LogP contribution in [0.15, 0.2) is 36.4 Å². The van der Waals surface area contributed by atoms with Crippen molar-refractivity contribution in [2.75, 3.05) is 15.8 Å².